The fourth-order valence-corrected chi connectivity index (χ4v) is 2.07. The van der Waals surface area contributed by atoms with Crippen molar-refractivity contribution in [1.29, 1.82) is 0 Å². The fourth-order valence-electron chi connectivity index (χ4n) is 1.55. The normalized spacial score (nSPS) is 10.2. The topological polar surface area (TPSA) is 89.1 Å². The van der Waals surface area contributed by atoms with Crippen molar-refractivity contribution in [2.24, 2.45) is 0 Å². The molecule has 0 aliphatic carbocycles. The van der Waals surface area contributed by atoms with E-state index in [1.165, 1.54) is 11.8 Å². The number of carbonyl (C=O) groups excluding carboxylic acids is 1. The average molecular weight is 308 g/mol. The monoisotopic (exact) mass is 308 g/mol. The van der Waals surface area contributed by atoms with E-state index in [-0.39, 0.29) is 12.5 Å². The van der Waals surface area contributed by atoms with Crippen LogP contribution in [0.4, 0.5) is 5.95 Å². The lowest BCUT2D eigenvalue weighted by Crippen LogP contribution is -2.21. The highest BCUT2D eigenvalue weighted by molar-refractivity contribution is 7.99. The van der Waals surface area contributed by atoms with Crippen molar-refractivity contribution in [3.05, 3.63) is 24.3 Å². The molecule has 1 aromatic carbocycles. The Morgan fingerprint density at radius 3 is 2.86 bits per heavy atom. The smallest absolute Gasteiger partial charge is 0.264 e. The maximum absolute atomic E-state index is 11.8. The summed E-state index contributed by atoms with van der Waals surface area (Å²) in [6.07, 6.45) is 0. The summed E-state index contributed by atoms with van der Waals surface area (Å²) in [6, 6.07) is 7.13. The zero-order chi connectivity index (χ0) is 15.1. The SMILES string of the molecule is CCSc1n[nH]c(NC(=O)COc2ccccc2OC)n1. The number of para-hydroxylation sites is 2. The van der Waals surface area contributed by atoms with E-state index in [2.05, 4.69) is 20.5 Å². The Kier molecular flexibility index (Phi) is 5.44. The van der Waals surface area contributed by atoms with Crippen molar-refractivity contribution in [2.75, 3.05) is 24.8 Å². The van der Waals surface area contributed by atoms with E-state index in [1.807, 2.05) is 13.0 Å². The van der Waals surface area contributed by atoms with E-state index >= 15 is 0 Å². The van der Waals surface area contributed by atoms with Gasteiger partial charge < -0.3 is 9.47 Å². The average Bonchev–Trinajstić information content (AvgIpc) is 2.93. The molecule has 1 aromatic heterocycles. The first kappa shape index (κ1) is 15.2. The number of ether oxygens (including phenoxy) is 2. The van der Waals surface area contributed by atoms with Crippen LogP contribution in [0.5, 0.6) is 11.5 Å². The van der Waals surface area contributed by atoms with Crippen LogP contribution >= 0.6 is 11.8 Å². The van der Waals surface area contributed by atoms with Gasteiger partial charge >= 0.3 is 0 Å². The van der Waals surface area contributed by atoms with Crippen LogP contribution < -0.4 is 14.8 Å². The molecule has 1 heterocycles. The van der Waals surface area contributed by atoms with Crippen LogP contribution in [0.2, 0.25) is 0 Å². The highest BCUT2D eigenvalue weighted by atomic mass is 32.2. The second-order valence-electron chi connectivity index (χ2n) is 3.89. The standard InChI is InChI=1S/C13H16N4O3S/c1-3-21-13-15-12(16-17-13)14-11(18)8-20-10-7-5-4-6-9(10)19-2/h4-7H,3,8H2,1-2H3,(H2,14,15,16,17,18). The number of methoxy groups -OCH3 is 1. The van der Waals surface area contributed by atoms with Crippen LogP contribution in [0.1, 0.15) is 6.92 Å². The number of amides is 1. The summed E-state index contributed by atoms with van der Waals surface area (Å²) >= 11 is 1.49. The van der Waals surface area contributed by atoms with Crippen LogP contribution in [-0.2, 0) is 4.79 Å². The maximum Gasteiger partial charge on any atom is 0.264 e. The number of benzene rings is 1. The van der Waals surface area contributed by atoms with Gasteiger partial charge in [-0.3, -0.25) is 10.1 Å². The molecule has 2 aromatic rings. The van der Waals surface area contributed by atoms with Gasteiger partial charge in [-0.2, -0.15) is 4.98 Å². The maximum atomic E-state index is 11.8. The molecule has 0 aliphatic heterocycles. The molecule has 8 heteroatoms. The summed E-state index contributed by atoms with van der Waals surface area (Å²) in [5.74, 6) is 1.92. The number of aromatic nitrogens is 3. The molecule has 0 radical (unpaired) electrons. The molecule has 7 nitrogen and oxygen atoms in total. The lowest BCUT2D eigenvalue weighted by atomic mass is 10.3. The summed E-state index contributed by atoms with van der Waals surface area (Å²) < 4.78 is 10.6. The Bertz CT molecular complexity index is 603. The largest absolute Gasteiger partial charge is 0.493 e. The van der Waals surface area contributed by atoms with Crippen molar-refractivity contribution >= 4 is 23.6 Å². The minimum atomic E-state index is -0.329. The predicted octanol–water partition coefficient (Wildman–Crippen LogP) is 1.94. The molecule has 0 atom stereocenters. The third kappa shape index (κ3) is 4.38. The number of aromatic amines is 1. The van der Waals surface area contributed by atoms with Crippen LogP contribution in [0.15, 0.2) is 29.4 Å². The number of hydrogen-bond donors (Lipinski definition) is 2. The first-order valence-corrected chi connectivity index (χ1v) is 7.32. The third-order valence-corrected chi connectivity index (χ3v) is 3.15. The molecule has 0 bridgehead atoms. The lowest BCUT2D eigenvalue weighted by Gasteiger charge is -2.09. The third-order valence-electron chi connectivity index (χ3n) is 2.42. The van der Waals surface area contributed by atoms with Gasteiger partial charge in [-0.05, 0) is 17.9 Å². The van der Waals surface area contributed by atoms with Crippen molar-refractivity contribution in [2.45, 2.75) is 12.1 Å². The number of H-pyrrole nitrogens is 1. The minimum absolute atomic E-state index is 0.142. The molecule has 112 valence electrons. The zero-order valence-corrected chi connectivity index (χ0v) is 12.6. The Morgan fingerprint density at radius 2 is 2.14 bits per heavy atom. The summed E-state index contributed by atoms with van der Waals surface area (Å²) in [5.41, 5.74) is 0. The van der Waals surface area contributed by atoms with Gasteiger partial charge in [-0.15, -0.1) is 5.10 Å². The first-order chi connectivity index (χ1) is 10.2. The molecular formula is C13H16N4O3S. The van der Waals surface area contributed by atoms with Crippen LogP contribution in [0.25, 0.3) is 0 Å². The second-order valence-corrected chi connectivity index (χ2v) is 5.12. The number of nitrogens with one attached hydrogen (secondary N) is 2. The quantitative estimate of drug-likeness (QED) is 0.760. The van der Waals surface area contributed by atoms with Gasteiger partial charge in [0.25, 0.3) is 5.91 Å². The zero-order valence-electron chi connectivity index (χ0n) is 11.8. The number of nitrogens with zero attached hydrogens (tertiary/aromatic N) is 2. The molecular weight excluding hydrogens is 292 g/mol. The van der Waals surface area contributed by atoms with Crippen LogP contribution in [0.3, 0.4) is 0 Å². The lowest BCUT2D eigenvalue weighted by molar-refractivity contribution is -0.118. The number of anilines is 1. The van der Waals surface area contributed by atoms with E-state index in [0.717, 1.165) is 5.75 Å². The summed E-state index contributed by atoms with van der Waals surface area (Å²) in [6.45, 7) is 1.86. The van der Waals surface area contributed by atoms with E-state index in [0.29, 0.717) is 22.6 Å². The van der Waals surface area contributed by atoms with Gasteiger partial charge in [0, 0.05) is 0 Å². The molecule has 0 fully saturated rings. The Hall–Kier alpha value is -2.22. The molecule has 0 saturated heterocycles. The van der Waals surface area contributed by atoms with Crippen LogP contribution in [0, 0.1) is 0 Å². The number of rotatable bonds is 7. The van der Waals surface area contributed by atoms with Gasteiger partial charge in [0.2, 0.25) is 11.1 Å². The Balaban J connectivity index is 1.86. The fraction of sp³-hybridized carbons (Fsp3) is 0.308. The van der Waals surface area contributed by atoms with E-state index < -0.39 is 0 Å². The Morgan fingerprint density at radius 1 is 1.38 bits per heavy atom. The highest BCUT2D eigenvalue weighted by Crippen LogP contribution is 2.25. The molecule has 0 saturated carbocycles. The van der Waals surface area contributed by atoms with E-state index in [4.69, 9.17) is 9.47 Å². The number of thioether (sulfide) groups is 1. The summed E-state index contributed by atoms with van der Waals surface area (Å²) in [5, 5.41) is 9.78. The molecule has 21 heavy (non-hydrogen) atoms. The number of carbonyl (C=O) groups is 1. The molecule has 2 N–H and O–H groups in total. The summed E-state index contributed by atoms with van der Waals surface area (Å²) in [4.78, 5) is 15.9. The molecule has 0 spiro atoms. The molecule has 1 amide bonds. The molecule has 0 aliphatic rings. The molecule has 2 rings (SSSR count). The molecule has 0 unspecified atom stereocenters. The minimum Gasteiger partial charge on any atom is -0.493 e. The highest BCUT2D eigenvalue weighted by Gasteiger charge is 2.09. The first-order valence-electron chi connectivity index (χ1n) is 6.33. The van der Waals surface area contributed by atoms with Crippen molar-refractivity contribution in [3.8, 4) is 11.5 Å². The van der Waals surface area contributed by atoms with Crippen molar-refractivity contribution in [3.63, 3.8) is 0 Å². The summed E-state index contributed by atoms with van der Waals surface area (Å²) in [7, 11) is 1.55. The van der Waals surface area contributed by atoms with Gasteiger partial charge in [0.05, 0.1) is 7.11 Å². The number of hydrogen-bond acceptors (Lipinski definition) is 6. The van der Waals surface area contributed by atoms with E-state index in [1.54, 1.807) is 25.3 Å². The Labute approximate surface area is 126 Å². The van der Waals surface area contributed by atoms with Gasteiger partial charge in [-0.1, -0.05) is 30.8 Å². The van der Waals surface area contributed by atoms with Gasteiger partial charge in [-0.25, -0.2) is 5.10 Å². The van der Waals surface area contributed by atoms with Crippen molar-refractivity contribution < 1.29 is 14.3 Å². The second kappa shape index (κ2) is 7.53. The van der Waals surface area contributed by atoms with E-state index in [9.17, 15) is 4.79 Å². The van der Waals surface area contributed by atoms with Gasteiger partial charge in [0.1, 0.15) is 0 Å². The van der Waals surface area contributed by atoms with Gasteiger partial charge in [0.15, 0.2) is 18.1 Å². The van der Waals surface area contributed by atoms with Crippen LogP contribution in [-0.4, -0.2) is 40.6 Å². The predicted molar refractivity (Wildman–Crippen MR) is 79.9 cm³/mol. The van der Waals surface area contributed by atoms with Crippen molar-refractivity contribution in [1.82, 2.24) is 15.2 Å².